The van der Waals surface area contributed by atoms with E-state index in [1.54, 1.807) is 36.4 Å². The van der Waals surface area contributed by atoms with Gasteiger partial charge in [0.1, 0.15) is 17.3 Å². The lowest BCUT2D eigenvalue weighted by molar-refractivity contribution is -0.115. The summed E-state index contributed by atoms with van der Waals surface area (Å²) in [5.74, 6) is 0.644. The summed E-state index contributed by atoms with van der Waals surface area (Å²) in [7, 11) is 0. The molecule has 0 unspecified atom stereocenters. The minimum atomic E-state index is -0.336. The number of aliphatic imine (C=N–C) groups is 1. The molecule has 4 nitrogen and oxygen atoms in total. The van der Waals surface area contributed by atoms with E-state index in [4.69, 9.17) is 16.0 Å². The van der Waals surface area contributed by atoms with Crippen LogP contribution >= 0.6 is 23.4 Å². The molecule has 1 aliphatic rings. The number of hydrogen-bond acceptors (Lipinski definition) is 4. The molecule has 0 aliphatic carbocycles. The molecule has 2 heterocycles. The molecule has 27 heavy (non-hydrogen) atoms. The van der Waals surface area contributed by atoms with Gasteiger partial charge in [0.2, 0.25) is 0 Å². The lowest BCUT2D eigenvalue weighted by atomic mass is 10.2. The topological polar surface area (TPSA) is 54.6 Å². The van der Waals surface area contributed by atoms with Crippen molar-refractivity contribution in [3.8, 4) is 11.3 Å². The Bertz CT molecular complexity index is 1060. The molecule has 0 saturated carbocycles. The van der Waals surface area contributed by atoms with E-state index in [1.807, 2.05) is 18.2 Å². The number of carbonyl (C=O) groups excluding carboxylic acids is 1. The zero-order valence-corrected chi connectivity index (χ0v) is 15.4. The molecule has 0 radical (unpaired) electrons. The van der Waals surface area contributed by atoms with Gasteiger partial charge in [0.05, 0.1) is 10.6 Å². The number of benzene rings is 2. The molecule has 4 rings (SSSR count). The fraction of sp³-hybridized carbons (Fsp3) is 0. The third-order valence-electron chi connectivity index (χ3n) is 3.74. The van der Waals surface area contributed by atoms with Crippen LogP contribution in [-0.2, 0) is 4.79 Å². The Kier molecular flexibility index (Phi) is 4.83. The first-order chi connectivity index (χ1) is 13.1. The highest BCUT2D eigenvalue weighted by atomic mass is 35.5. The highest BCUT2D eigenvalue weighted by Crippen LogP contribution is 2.30. The quantitative estimate of drug-likeness (QED) is 0.581. The van der Waals surface area contributed by atoms with Gasteiger partial charge in [-0.1, -0.05) is 11.6 Å². The maximum absolute atomic E-state index is 13.0. The monoisotopic (exact) mass is 398 g/mol. The second-order valence-corrected chi connectivity index (χ2v) is 7.13. The highest BCUT2D eigenvalue weighted by Gasteiger charge is 2.24. The standard InChI is InChI=1S/C20H12ClFN2O2S/c21-13-3-1-12(2-4-13)17-10-9-16(26-17)11-18-19(25)24-20(27-18)23-15-7-5-14(22)6-8-15/h1-11H,(H,23,24,25)/b18-11-. The third kappa shape index (κ3) is 4.13. The number of carbonyl (C=O) groups is 1. The van der Waals surface area contributed by atoms with E-state index >= 15 is 0 Å². The molecule has 134 valence electrons. The van der Waals surface area contributed by atoms with Crippen molar-refractivity contribution in [3.63, 3.8) is 0 Å². The first-order valence-electron chi connectivity index (χ1n) is 7.98. The van der Waals surface area contributed by atoms with E-state index in [-0.39, 0.29) is 11.7 Å². The Morgan fingerprint density at radius 2 is 1.78 bits per heavy atom. The van der Waals surface area contributed by atoms with Crippen LogP contribution in [-0.4, -0.2) is 11.1 Å². The van der Waals surface area contributed by atoms with Gasteiger partial charge in [0.15, 0.2) is 5.17 Å². The predicted octanol–water partition coefficient (Wildman–Crippen LogP) is 5.63. The molecule has 2 aromatic carbocycles. The number of thioether (sulfide) groups is 1. The van der Waals surface area contributed by atoms with E-state index in [0.717, 1.165) is 5.56 Å². The van der Waals surface area contributed by atoms with Crippen LogP contribution in [0.15, 0.2) is 75.0 Å². The number of halogens is 2. The molecule has 1 saturated heterocycles. The van der Waals surface area contributed by atoms with Crippen molar-refractivity contribution in [2.24, 2.45) is 4.99 Å². The van der Waals surface area contributed by atoms with E-state index in [1.165, 1.54) is 23.9 Å². The second-order valence-electron chi connectivity index (χ2n) is 5.67. The van der Waals surface area contributed by atoms with Crippen LogP contribution in [0.1, 0.15) is 5.76 Å². The minimum absolute atomic E-state index is 0.259. The van der Waals surface area contributed by atoms with E-state index in [9.17, 15) is 9.18 Å². The number of furan rings is 1. The number of hydrogen-bond donors (Lipinski definition) is 1. The predicted molar refractivity (Wildman–Crippen MR) is 106 cm³/mol. The van der Waals surface area contributed by atoms with Gasteiger partial charge in [-0.2, -0.15) is 0 Å². The van der Waals surface area contributed by atoms with Gasteiger partial charge in [-0.05, 0) is 72.4 Å². The van der Waals surface area contributed by atoms with Gasteiger partial charge in [0, 0.05) is 16.7 Å². The first-order valence-corrected chi connectivity index (χ1v) is 9.17. The highest BCUT2D eigenvalue weighted by molar-refractivity contribution is 8.18. The lowest BCUT2D eigenvalue weighted by Crippen LogP contribution is -2.19. The Morgan fingerprint density at radius 3 is 2.52 bits per heavy atom. The average molecular weight is 399 g/mol. The van der Waals surface area contributed by atoms with Crippen molar-refractivity contribution < 1.29 is 13.6 Å². The van der Waals surface area contributed by atoms with Crippen LogP contribution in [0.3, 0.4) is 0 Å². The molecule has 0 bridgehead atoms. The number of nitrogens with one attached hydrogen (secondary N) is 1. The van der Waals surface area contributed by atoms with Crippen molar-refractivity contribution in [1.29, 1.82) is 0 Å². The van der Waals surface area contributed by atoms with Crippen molar-refractivity contribution in [2.75, 3.05) is 0 Å². The Hall–Kier alpha value is -2.83. The third-order valence-corrected chi connectivity index (χ3v) is 4.90. The van der Waals surface area contributed by atoms with Crippen LogP contribution in [0.2, 0.25) is 5.02 Å². The van der Waals surface area contributed by atoms with Crippen LogP contribution < -0.4 is 5.32 Å². The summed E-state index contributed by atoms with van der Waals surface area (Å²) in [4.78, 5) is 16.9. The summed E-state index contributed by atoms with van der Waals surface area (Å²) < 4.78 is 18.8. The lowest BCUT2D eigenvalue weighted by Gasteiger charge is -1.96. The molecule has 7 heteroatoms. The number of amidine groups is 1. The summed E-state index contributed by atoms with van der Waals surface area (Å²) in [6.07, 6.45) is 1.66. The van der Waals surface area contributed by atoms with Gasteiger partial charge in [0.25, 0.3) is 5.91 Å². The van der Waals surface area contributed by atoms with Crippen molar-refractivity contribution in [2.45, 2.75) is 0 Å². The van der Waals surface area contributed by atoms with Crippen LogP contribution in [0.4, 0.5) is 10.1 Å². The minimum Gasteiger partial charge on any atom is -0.457 e. The maximum Gasteiger partial charge on any atom is 0.264 e. The molecule has 1 N–H and O–H groups in total. The summed E-state index contributed by atoms with van der Waals surface area (Å²) in [5, 5.41) is 3.77. The smallest absolute Gasteiger partial charge is 0.264 e. The van der Waals surface area contributed by atoms with Crippen LogP contribution in [0.25, 0.3) is 17.4 Å². The summed E-state index contributed by atoms with van der Waals surface area (Å²) in [6.45, 7) is 0. The van der Waals surface area contributed by atoms with E-state index in [0.29, 0.717) is 32.3 Å². The van der Waals surface area contributed by atoms with Gasteiger partial charge >= 0.3 is 0 Å². The molecule has 3 aromatic rings. The first kappa shape index (κ1) is 17.6. The number of amides is 1. The molecule has 0 atom stereocenters. The van der Waals surface area contributed by atoms with Crippen molar-refractivity contribution in [3.05, 3.63) is 82.2 Å². The zero-order chi connectivity index (χ0) is 18.8. The maximum atomic E-state index is 13.0. The second kappa shape index (κ2) is 7.42. The molecule has 1 amide bonds. The van der Waals surface area contributed by atoms with Gasteiger partial charge in [-0.25, -0.2) is 9.38 Å². The molecule has 0 spiro atoms. The molecular weight excluding hydrogens is 387 g/mol. The fourth-order valence-electron chi connectivity index (χ4n) is 2.44. The van der Waals surface area contributed by atoms with Gasteiger partial charge in [-0.15, -0.1) is 0 Å². The van der Waals surface area contributed by atoms with Gasteiger partial charge < -0.3 is 9.73 Å². The molecule has 1 aromatic heterocycles. The van der Waals surface area contributed by atoms with Crippen LogP contribution in [0, 0.1) is 5.82 Å². The number of rotatable bonds is 3. The SMILES string of the molecule is O=C1NC(=Nc2ccc(F)cc2)S/C1=C\c1ccc(-c2ccc(Cl)cc2)o1. The fourth-order valence-corrected chi connectivity index (χ4v) is 3.39. The largest absolute Gasteiger partial charge is 0.457 e. The summed E-state index contributed by atoms with van der Waals surface area (Å²) >= 11 is 7.09. The average Bonchev–Trinajstić information content (AvgIpc) is 3.25. The summed E-state index contributed by atoms with van der Waals surface area (Å²) in [5.41, 5.74) is 1.45. The number of nitrogens with zero attached hydrogens (tertiary/aromatic N) is 1. The zero-order valence-electron chi connectivity index (χ0n) is 13.8. The molecule has 1 fully saturated rings. The van der Waals surface area contributed by atoms with Crippen molar-refractivity contribution in [1.82, 2.24) is 5.32 Å². The molecular formula is C20H12ClFN2O2S. The van der Waals surface area contributed by atoms with Gasteiger partial charge in [-0.3, -0.25) is 4.79 Å². The van der Waals surface area contributed by atoms with E-state index < -0.39 is 0 Å². The van der Waals surface area contributed by atoms with Crippen LogP contribution in [0.5, 0.6) is 0 Å². The Balaban J connectivity index is 1.53. The normalized spacial score (nSPS) is 16.9. The van der Waals surface area contributed by atoms with E-state index in [2.05, 4.69) is 10.3 Å². The Morgan fingerprint density at radius 1 is 1.04 bits per heavy atom. The van der Waals surface area contributed by atoms with Crippen molar-refractivity contribution >= 4 is 46.2 Å². The molecule has 1 aliphatic heterocycles. The Labute approximate surface area is 163 Å². The summed E-state index contributed by atoms with van der Waals surface area (Å²) in [6, 6.07) is 16.7.